The molecule has 1 aromatic carbocycles. The molecule has 0 unspecified atom stereocenters. The highest BCUT2D eigenvalue weighted by Gasteiger charge is 2.19. The number of esters is 1. The van der Waals surface area contributed by atoms with Gasteiger partial charge in [0.05, 0.1) is 0 Å². The highest BCUT2D eigenvalue weighted by Crippen LogP contribution is 2.12. The molecule has 0 aliphatic rings. The fraction of sp³-hybridized carbons (Fsp3) is 0.308. The minimum absolute atomic E-state index is 0.336. The average Bonchev–Trinajstić information content (AvgIpc) is 2.35. The molecule has 3 N–H and O–H groups in total. The molecular weight excluding hydrogens is 264 g/mol. The van der Waals surface area contributed by atoms with Crippen LogP contribution in [0.15, 0.2) is 24.3 Å². The third-order valence-corrected chi connectivity index (χ3v) is 2.27. The topological polar surface area (TPSA) is 108 Å². The third-order valence-electron chi connectivity index (χ3n) is 2.27. The Balaban J connectivity index is 2.40. The van der Waals surface area contributed by atoms with Crippen LogP contribution in [0.2, 0.25) is 0 Å². The minimum atomic E-state index is -1.13. The predicted octanol–water partition coefficient (Wildman–Crippen LogP) is 0.500. The molecular formula is C13H16N2O5. The van der Waals surface area contributed by atoms with Gasteiger partial charge in [-0.15, -0.1) is 0 Å². The molecule has 0 aliphatic carbocycles. The number of benzene rings is 1. The van der Waals surface area contributed by atoms with Gasteiger partial charge in [0, 0.05) is 0 Å². The molecule has 20 heavy (non-hydrogen) atoms. The molecule has 0 saturated heterocycles. The van der Waals surface area contributed by atoms with E-state index in [9.17, 15) is 14.4 Å². The van der Waals surface area contributed by atoms with E-state index in [-0.39, 0.29) is 6.61 Å². The maximum atomic E-state index is 11.5. The first kappa shape index (κ1) is 15.5. The number of hydrogen-bond donors (Lipinski definition) is 2. The van der Waals surface area contributed by atoms with E-state index in [1.807, 2.05) is 18.3 Å². The van der Waals surface area contributed by atoms with Crippen LogP contribution in [0.3, 0.4) is 0 Å². The summed E-state index contributed by atoms with van der Waals surface area (Å²) in [5.41, 5.74) is 5.77. The number of imide groups is 1. The number of amides is 3. The Morgan fingerprint density at radius 3 is 2.65 bits per heavy atom. The first-order chi connectivity index (χ1) is 9.38. The van der Waals surface area contributed by atoms with Crippen LogP contribution in [0, 0.1) is 6.92 Å². The van der Waals surface area contributed by atoms with Crippen LogP contribution in [0.4, 0.5) is 4.79 Å². The molecule has 1 aromatic rings. The van der Waals surface area contributed by atoms with Crippen LogP contribution >= 0.6 is 0 Å². The Bertz CT molecular complexity index is 515. The quantitative estimate of drug-likeness (QED) is 0.764. The van der Waals surface area contributed by atoms with Crippen LogP contribution in [0.5, 0.6) is 5.75 Å². The third kappa shape index (κ3) is 5.38. The van der Waals surface area contributed by atoms with Crippen molar-refractivity contribution in [1.29, 1.82) is 0 Å². The minimum Gasteiger partial charge on any atom is -0.482 e. The lowest BCUT2D eigenvalue weighted by Crippen LogP contribution is -2.42. The summed E-state index contributed by atoms with van der Waals surface area (Å²) < 4.78 is 9.99. The van der Waals surface area contributed by atoms with Gasteiger partial charge < -0.3 is 15.2 Å². The van der Waals surface area contributed by atoms with Crippen LogP contribution in [-0.2, 0) is 14.3 Å². The molecule has 0 saturated carbocycles. The van der Waals surface area contributed by atoms with Crippen LogP contribution in [0.25, 0.3) is 0 Å². The largest absolute Gasteiger partial charge is 0.482 e. The molecule has 0 aliphatic heterocycles. The molecule has 0 spiro atoms. The lowest BCUT2D eigenvalue weighted by molar-refractivity contribution is -0.156. The molecule has 0 bridgehead atoms. The van der Waals surface area contributed by atoms with E-state index in [4.69, 9.17) is 15.2 Å². The summed E-state index contributed by atoms with van der Waals surface area (Å²) in [6.07, 6.45) is -1.13. The molecule has 0 heterocycles. The second-order valence-corrected chi connectivity index (χ2v) is 4.09. The zero-order chi connectivity index (χ0) is 15.1. The van der Waals surface area contributed by atoms with Gasteiger partial charge in [0.2, 0.25) is 0 Å². The number of primary amides is 1. The Labute approximate surface area is 116 Å². The fourth-order valence-electron chi connectivity index (χ4n) is 1.36. The molecule has 7 nitrogen and oxygen atoms in total. The summed E-state index contributed by atoms with van der Waals surface area (Å²) in [4.78, 5) is 33.2. The van der Waals surface area contributed by atoms with Crippen LogP contribution in [0.1, 0.15) is 12.5 Å². The highest BCUT2D eigenvalue weighted by molar-refractivity contribution is 5.96. The zero-order valence-corrected chi connectivity index (χ0v) is 11.2. The SMILES string of the molecule is Cc1cccc(OCC(=O)O[C@H](C)C(=O)NC(N)=O)c1. The normalized spacial score (nSPS) is 11.3. The molecule has 3 amide bonds. The Morgan fingerprint density at radius 1 is 1.35 bits per heavy atom. The van der Waals surface area contributed by atoms with Gasteiger partial charge in [0.1, 0.15) is 5.75 Å². The van der Waals surface area contributed by atoms with Crippen molar-refractivity contribution in [1.82, 2.24) is 5.32 Å². The van der Waals surface area contributed by atoms with Gasteiger partial charge in [-0.3, -0.25) is 10.1 Å². The van der Waals surface area contributed by atoms with Gasteiger partial charge in [0.15, 0.2) is 12.7 Å². The van der Waals surface area contributed by atoms with Gasteiger partial charge in [-0.2, -0.15) is 0 Å². The summed E-state index contributed by atoms with van der Waals surface area (Å²) in [6.45, 7) is 2.88. The number of carbonyl (C=O) groups is 3. The summed E-state index contributed by atoms with van der Waals surface area (Å²) in [5.74, 6) is -0.990. The van der Waals surface area contributed by atoms with Crippen molar-refractivity contribution in [2.75, 3.05) is 6.61 Å². The van der Waals surface area contributed by atoms with Gasteiger partial charge >= 0.3 is 12.0 Å². The first-order valence-electron chi connectivity index (χ1n) is 5.87. The standard InChI is InChI=1S/C13H16N2O5/c1-8-4-3-5-10(6-8)19-7-11(16)20-9(2)12(17)15-13(14)18/h3-6,9H,7H2,1-2H3,(H3,14,15,17,18)/t9-/m1/s1. The van der Waals surface area contributed by atoms with Crippen molar-refractivity contribution >= 4 is 17.9 Å². The van der Waals surface area contributed by atoms with Gasteiger partial charge in [-0.25, -0.2) is 9.59 Å². The average molecular weight is 280 g/mol. The van der Waals surface area contributed by atoms with E-state index in [1.54, 1.807) is 18.2 Å². The summed E-state index contributed by atoms with van der Waals surface area (Å²) in [7, 11) is 0. The van der Waals surface area contributed by atoms with Crippen LogP contribution < -0.4 is 15.8 Å². The van der Waals surface area contributed by atoms with Gasteiger partial charge in [-0.05, 0) is 31.5 Å². The Kier molecular flexibility index (Phi) is 5.52. The smallest absolute Gasteiger partial charge is 0.344 e. The maximum absolute atomic E-state index is 11.5. The summed E-state index contributed by atoms with van der Waals surface area (Å²) in [5, 5.41) is 1.81. The molecule has 0 aromatic heterocycles. The lowest BCUT2D eigenvalue weighted by atomic mass is 10.2. The molecule has 0 radical (unpaired) electrons. The van der Waals surface area contributed by atoms with Crippen molar-refractivity contribution < 1.29 is 23.9 Å². The number of aryl methyl sites for hydroxylation is 1. The highest BCUT2D eigenvalue weighted by atomic mass is 16.6. The maximum Gasteiger partial charge on any atom is 0.344 e. The number of nitrogens with two attached hydrogens (primary N) is 1. The van der Waals surface area contributed by atoms with E-state index in [0.29, 0.717) is 5.75 Å². The second-order valence-electron chi connectivity index (χ2n) is 4.09. The van der Waals surface area contributed by atoms with E-state index >= 15 is 0 Å². The Morgan fingerprint density at radius 2 is 2.05 bits per heavy atom. The summed E-state index contributed by atoms with van der Waals surface area (Å²) >= 11 is 0. The first-order valence-corrected chi connectivity index (χ1v) is 5.87. The molecule has 0 fully saturated rings. The zero-order valence-electron chi connectivity index (χ0n) is 11.2. The van der Waals surface area contributed by atoms with Crippen molar-refractivity contribution in [2.24, 2.45) is 5.73 Å². The number of nitrogens with one attached hydrogen (secondary N) is 1. The molecule has 108 valence electrons. The van der Waals surface area contributed by atoms with Gasteiger partial charge in [-0.1, -0.05) is 12.1 Å². The van der Waals surface area contributed by atoms with Crippen molar-refractivity contribution in [3.8, 4) is 5.75 Å². The van der Waals surface area contributed by atoms with Crippen molar-refractivity contribution in [3.05, 3.63) is 29.8 Å². The molecule has 1 rings (SSSR count). The predicted molar refractivity (Wildman–Crippen MR) is 70.0 cm³/mol. The monoisotopic (exact) mass is 280 g/mol. The van der Waals surface area contributed by atoms with Crippen molar-refractivity contribution in [2.45, 2.75) is 20.0 Å². The van der Waals surface area contributed by atoms with E-state index in [1.165, 1.54) is 6.92 Å². The fourth-order valence-corrected chi connectivity index (χ4v) is 1.36. The molecule has 1 atom stereocenters. The Hall–Kier alpha value is -2.57. The lowest BCUT2D eigenvalue weighted by Gasteiger charge is -2.12. The molecule has 7 heteroatoms. The number of rotatable bonds is 5. The van der Waals surface area contributed by atoms with Gasteiger partial charge in [0.25, 0.3) is 5.91 Å². The number of ether oxygens (including phenoxy) is 2. The van der Waals surface area contributed by atoms with Crippen molar-refractivity contribution in [3.63, 3.8) is 0 Å². The number of urea groups is 1. The van der Waals surface area contributed by atoms with Crippen LogP contribution in [-0.4, -0.2) is 30.6 Å². The second kappa shape index (κ2) is 7.13. The number of hydrogen-bond acceptors (Lipinski definition) is 5. The van der Waals surface area contributed by atoms with E-state index in [2.05, 4.69) is 0 Å². The number of carbonyl (C=O) groups excluding carboxylic acids is 3. The van der Waals surface area contributed by atoms with E-state index in [0.717, 1.165) is 5.56 Å². The van der Waals surface area contributed by atoms with E-state index < -0.39 is 24.0 Å². The summed E-state index contributed by atoms with van der Waals surface area (Å²) in [6, 6.07) is 6.13.